The fourth-order valence-corrected chi connectivity index (χ4v) is 3.33. The maximum absolute atomic E-state index is 5.73. The molecule has 2 aromatic rings. The number of aliphatic imine (C=N–C) groups is 1. The van der Waals surface area contributed by atoms with Gasteiger partial charge in [-0.05, 0) is 44.6 Å². The number of rotatable bonds is 8. The van der Waals surface area contributed by atoms with Gasteiger partial charge in [0.25, 0.3) is 0 Å². The van der Waals surface area contributed by atoms with Crippen LogP contribution in [0.25, 0.3) is 0 Å². The molecule has 1 heterocycles. The molecule has 2 rings (SSSR count). The number of nitrogens with zero attached hydrogens (tertiary/aromatic N) is 2. The van der Waals surface area contributed by atoms with Gasteiger partial charge in [0.2, 0.25) is 0 Å². The predicted molar refractivity (Wildman–Crippen MR) is 122 cm³/mol. The van der Waals surface area contributed by atoms with Crippen LogP contribution in [0.2, 0.25) is 0 Å². The zero-order valence-electron chi connectivity index (χ0n) is 15.9. The fraction of sp³-hybridized carbons (Fsp3) is 0.421. The van der Waals surface area contributed by atoms with Crippen molar-refractivity contribution in [2.24, 2.45) is 4.99 Å². The Kier molecular flexibility index (Phi) is 10.6. The molecule has 0 aliphatic carbocycles. The zero-order valence-corrected chi connectivity index (χ0v) is 19.0. The van der Waals surface area contributed by atoms with Gasteiger partial charge in [-0.25, -0.2) is 0 Å². The minimum Gasteiger partial charge on any atom is -0.492 e. The summed E-state index contributed by atoms with van der Waals surface area (Å²) in [6, 6.07) is 12.7. The van der Waals surface area contributed by atoms with E-state index in [4.69, 9.17) is 4.74 Å². The van der Waals surface area contributed by atoms with Crippen molar-refractivity contribution in [3.8, 4) is 5.75 Å². The Morgan fingerprint density at radius 2 is 1.92 bits per heavy atom. The number of ether oxygens (including phenoxy) is 1. The number of hydrogen-bond donors (Lipinski definition) is 2. The summed E-state index contributed by atoms with van der Waals surface area (Å²) in [5, 5.41) is 8.80. The molecule has 1 aromatic carbocycles. The van der Waals surface area contributed by atoms with Crippen LogP contribution >= 0.6 is 35.3 Å². The lowest BCUT2D eigenvalue weighted by Gasteiger charge is -2.24. The highest BCUT2D eigenvalue weighted by atomic mass is 127. The maximum Gasteiger partial charge on any atom is 0.191 e. The fourth-order valence-electron chi connectivity index (χ4n) is 2.41. The van der Waals surface area contributed by atoms with Crippen molar-refractivity contribution in [1.29, 1.82) is 0 Å². The smallest absolute Gasteiger partial charge is 0.191 e. The monoisotopic (exact) mass is 488 g/mol. The average molecular weight is 488 g/mol. The van der Waals surface area contributed by atoms with E-state index in [0.717, 1.165) is 18.3 Å². The summed E-state index contributed by atoms with van der Waals surface area (Å²) < 4.78 is 5.73. The lowest BCUT2D eigenvalue weighted by Crippen LogP contribution is -2.42. The second-order valence-electron chi connectivity index (χ2n) is 6.04. The molecule has 0 amide bonds. The predicted octanol–water partition coefficient (Wildman–Crippen LogP) is 3.52. The van der Waals surface area contributed by atoms with Crippen LogP contribution in [0.5, 0.6) is 5.75 Å². The molecule has 1 atom stereocenters. The van der Waals surface area contributed by atoms with Crippen molar-refractivity contribution >= 4 is 41.3 Å². The van der Waals surface area contributed by atoms with Crippen LogP contribution < -0.4 is 15.4 Å². The Labute approximate surface area is 177 Å². The minimum absolute atomic E-state index is 0. The van der Waals surface area contributed by atoms with E-state index < -0.39 is 0 Å². The van der Waals surface area contributed by atoms with E-state index in [1.807, 2.05) is 12.1 Å². The van der Waals surface area contributed by atoms with Crippen molar-refractivity contribution in [3.63, 3.8) is 0 Å². The van der Waals surface area contributed by atoms with E-state index >= 15 is 0 Å². The molecule has 0 aliphatic heterocycles. The highest BCUT2D eigenvalue weighted by Gasteiger charge is 2.15. The summed E-state index contributed by atoms with van der Waals surface area (Å²) in [4.78, 5) is 7.84. The number of halogens is 1. The number of aryl methyl sites for hydroxylation is 1. The third-order valence-corrected chi connectivity index (χ3v) is 4.84. The molecule has 7 heteroatoms. The van der Waals surface area contributed by atoms with E-state index in [0.29, 0.717) is 19.2 Å². The Bertz CT molecular complexity index is 644. The second-order valence-corrected chi connectivity index (χ2v) is 7.02. The van der Waals surface area contributed by atoms with E-state index in [2.05, 4.69) is 71.2 Å². The zero-order chi connectivity index (χ0) is 18.1. The van der Waals surface area contributed by atoms with Gasteiger partial charge in [0.05, 0.1) is 12.6 Å². The number of guanidine groups is 1. The number of benzene rings is 1. The summed E-state index contributed by atoms with van der Waals surface area (Å²) in [7, 11) is 5.97. The minimum atomic E-state index is 0. The molecular weight excluding hydrogens is 459 g/mol. The second kappa shape index (κ2) is 12.1. The number of hydrogen-bond acceptors (Lipinski definition) is 4. The first kappa shape index (κ1) is 22.7. The molecule has 1 unspecified atom stereocenters. The molecule has 26 heavy (non-hydrogen) atoms. The van der Waals surface area contributed by atoms with Gasteiger partial charge in [-0.3, -0.25) is 4.99 Å². The molecule has 144 valence electrons. The van der Waals surface area contributed by atoms with Crippen LogP contribution in [-0.2, 0) is 0 Å². The summed E-state index contributed by atoms with van der Waals surface area (Å²) in [5.74, 6) is 1.68. The Morgan fingerprint density at radius 3 is 2.50 bits per heavy atom. The third kappa shape index (κ3) is 7.51. The van der Waals surface area contributed by atoms with Crippen LogP contribution in [0, 0.1) is 6.92 Å². The number of thiophene rings is 1. The summed E-state index contributed by atoms with van der Waals surface area (Å²) >= 11 is 1.78. The van der Waals surface area contributed by atoms with Crippen LogP contribution in [0.3, 0.4) is 0 Å². The van der Waals surface area contributed by atoms with Crippen LogP contribution in [0.4, 0.5) is 0 Å². The summed E-state index contributed by atoms with van der Waals surface area (Å²) in [6.45, 7) is 4.15. The van der Waals surface area contributed by atoms with Gasteiger partial charge in [-0.2, -0.15) is 0 Å². The lowest BCUT2D eigenvalue weighted by atomic mass is 10.2. The summed E-state index contributed by atoms with van der Waals surface area (Å²) in [6.07, 6.45) is 0. The standard InChI is InChI=1S/C19H28N4OS.HI/c1-15-7-9-16(10-8-15)24-12-11-21-19(20-2)22-14-17(23(3)4)18-6-5-13-25-18;/h5-10,13,17H,11-12,14H2,1-4H3,(H2,20,21,22);1H. The van der Waals surface area contributed by atoms with E-state index in [1.165, 1.54) is 10.4 Å². The molecule has 2 N–H and O–H groups in total. The van der Waals surface area contributed by atoms with Crippen LogP contribution in [-0.4, -0.2) is 51.7 Å². The Morgan fingerprint density at radius 1 is 1.19 bits per heavy atom. The molecule has 1 aromatic heterocycles. The van der Waals surface area contributed by atoms with E-state index in [-0.39, 0.29) is 24.0 Å². The van der Waals surface area contributed by atoms with Gasteiger partial charge >= 0.3 is 0 Å². The highest BCUT2D eigenvalue weighted by Crippen LogP contribution is 2.22. The number of likely N-dealkylation sites (N-methyl/N-ethyl adjacent to an activating group) is 1. The third-order valence-electron chi connectivity index (χ3n) is 3.87. The van der Waals surface area contributed by atoms with Crippen molar-refractivity contribution in [1.82, 2.24) is 15.5 Å². The lowest BCUT2D eigenvalue weighted by molar-refractivity contribution is 0.301. The first-order chi connectivity index (χ1) is 12.1. The molecule has 0 saturated carbocycles. The molecule has 5 nitrogen and oxygen atoms in total. The van der Waals surface area contributed by atoms with Crippen LogP contribution in [0.1, 0.15) is 16.5 Å². The quantitative estimate of drug-likeness (QED) is 0.259. The van der Waals surface area contributed by atoms with Gasteiger partial charge < -0.3 is 20.3 Å². The van der Waals surface area contributed by atoms with E-state index in [1.54, 1.807) is 18.4 Å². The van der Waals surface area contributed by atoms with E-state index in [9.17, 15) is 0 Å². The van der Waals surface area contributed by atoms with Gasteiger partial charge in [0.15, 0.2) is 5.96 Å². The van der Waals surface area contributed by atoms with Crippen molar-refractivity contribution in [3.05, 3.63) is 52.2 Å². The topological polar surface area (TPSA) is 48.9 Å². The van der Waals surface area contributed by atoms with Crippen molar-refractivity contribution < 1.29 is 4.74 Å². The molecule has 0 bridgehead atoms. The normalized spacial score (nSPS) is 12.4. The van der Waals surface area contributed by atoms with Gasteiger partial charge in [-0.1, -0.05) is 23.8 Å². The van der Waals surface area contributed by atoms with Gasteiger partial charge in [0, 0.05) is 18.5 Å². The highest BCUT2D eigenvalue weighted by molar-refractivity contribution is 14.0. The first-order valence-electron chi connectivity index (χ1n) is 8.44. The van der Waals surface area contributed by atoms with Crippen molar-refractivity contribution in [2.45, 2.75) is 13.0 Å². The van der Waals surface area contributed by atoms with Crippen molar-refractivity contribution in [2.75, 3.05) is 40.8 Å². The maximum atomic E-state index is 5.73. The Hall–Kier alpha value is -1.32. The van der Waals surface area contributed by atoms with Gasteiger partial charge in [0.1, 0.15) is 12.4 Å². The van der Waals surface area contributed by atoms with Crippen LogP contribution in [0.15, 0.2) is 46.8 Å². The number of nitrogens with one attached hydrogen (secondary N) is 2. The molecule has 0 fully saturated rings. The Balaban J connectivity index is 0.00000338. The van der Waals surface area contributed by atoms with Gasteiger partial charge in [-0.15, -0.1) is 35.3 Å². The average Bonchev–Trinajstić information content (AvgIpc) is 3.12. The molecule has 0 aliphatic rings. The SMILES string of the molecule is CN=C(NCCOc1ccc(C)cc1)NCC(c1cccs1)N(C)C.I. The molecule has 0 spiro atoms. The molecule has 0 saturated heterocycles. The first-order valence-corrected chi connectivity index (χ1v) is 9.32. The molecule has 0 radical (unpaired) electrons. The molecular formula is C19H29IN4OS. The summed E-state index contributed by atoms with van der Waals surface area (Å²) in [5.41, 5.74) is 1.23. The largest absolute Gasteiger partial charge is 0.492 e.